The molecule has 0 aliphatic rings. The standard InChI is InChI=1S/C22H25N3O3/c1-16(12-13-18-8-4-3-5-9-18)23-21(26)15-28-22(27)14-25-17(2)24-19-10-6-7-11-20(19)25/h3-11,16H,12-15H2,1-2H3,(H,23,26)/t16-/m1/s1. The van der Waals surface area contributed by atoms with Crippen molar-refractivity contribution >= 4 is 22.9 Å². The molecule has 0 aliphatic heterocycles. The van der Waals surface area contributed by atoms with Crippen molar-refractivity contribution < 1.29 is 14.3 Å². The van der Waals surface area contributed by atoms with Crippen molar-refractivity contribution in [2.24, 2.45) is 0 Å². The van der Waals surface area contributed by atoms with Gasteiger partial charge in [-0.25, -0.2) is 4.98 Å². The first-order valence-electron chi connectivity index (χ1n) is 9.43. The second-order valence-corrected chi connectivity index (χ2v) is 6.89. The minimum absolute atomic E-state index is 0.00578. The molecule has 3 rings (SSSR count). The van der Waals surface area contributed by atoms with Crippen molar-refractivity contribution in [2.75, 3.05) is 6.61 Å². The van der Waals surface area contributed by atoms with Gasteiger partial charge in [0.05, 0.1) is 11.0 Å². The van der Waals surface area contributed by atoms with Gasteiger partial charge in [-0.2, -0.15) is 0 Å². The minimum Gasteiger partial charge on any atom is -0.454 e. The van der Waals surface area contributed by atoms with E-state index in [9.17, 15) is 9.59 Å². The molecule has 0 radical (unpaired) electrons. The second kappa shape index (κ2) is 9.17. The van der Waals surface area contributed by atoms with Crippen LogP contribution in [0.4, 0.5) is 0 Å². The number of nitrogens with one attached hydrogen (secondary N) is 1. The number of aromatic nitrogens is 2. The number of hydrogen-bond acceptors (Lipinski definition) is 4. The Morgan fingerprint density at radius 2 is 1.82 bits per heavy atom. The molecule has 6 nitrogen and oxygen atoms in total. The van der Waals surface area contributed by atoms with Gasteiger partial charge in [-0.05, 0) is 44.4 Å². The number of amides is 1. The molecule has 1 aromatic heterocycles. The van der Waals surface area contributed by atoms with Crippen LogP contribution in [0.5, 0.6) is 0 Å². The Morgan fingerprint density at radius 3 is 2.61 bits per heavy atom. The normalized spacial score (nSPS) is 11.9. The lowest BCUT2D eigenvalue weighted by molar-refractivity contribution is -0.149. The summed E-state index contributed by atoms with van der Waals surface area (Å²) in [5.74, 6) is -0.0170. The highest BCUT2D eigenvalue weighted by Gasteiger charge is 2.14. The fourth-order valence-electron chi connectivity index (χ4n) is 3.13. The first-order chi connectivity index (χ1) is 13.5. The monoisotopic (exact) mass is 379 g/mol. The maximum Gasteiger partial charge on any atom is 0.326 e. The van der Waals surface area contributed by atoms with Crippen LogP contribution in [0.2, 0.25) is 0 Å². The van der Waals surface area contributed by atoms with E-state index in [1.165, 1.54) is 5.56 Å². The number of nitrogens with zero attached hydrogens (tertiary/aromatic N) is 2. The third-order valence-corrected chi connectivity index (χ3v) is 4.61. The Balaban J connectivity index is 1.43. The summed E-state index contributed by atoms with van der Waals surface area (Å²) < 4.78 is 6.93. The van der Waals surface area contributed by atoms with Gasteiger partial charge in [0.15, 0.2) is 6.61 Å². The first kappa shape index (κ1) is 19.6. The number of ether oxygens (including phenoxy) is 1. The van der Waals surface area contributed by atoms with Gasteiger partial charge in [0, 0.05) is 6.04 Å². The summed E-state index contributed by atoms with van der Waals surface area (Å²) >= 11 is 0. The maximum atomic E-state index is 12.2. The second-order valence-electron chi connectivity index (χ2n) is 6.89. The molecule has 0 aliphatic carbocycles. The number of imidazole rings is 1. The number of carbonyl (C=O) groups excluding carboxylic acids is 2. The summed E-state index contributed by atoms with van der Waals surface area (Å²) in [7, 11) is 0. The van der Waals surface area contributed by atoms with Crippen LogP contribution in [-0.4, -0.2) is 34.1 Å². The number of fused-ring (bicyclic) bond motifs is 1. The Hall–Kier alpha value is -3.15. The van der Waals surface area contributed by atoms with E-state index in [1.807, 2.05) is 56.3 Å². The molecule has 2 aromatic carbocycles. The molecule has 6 heteroatoms. The van der Waals surface area contributed by atoms with Gasteiger partial charge in [-0.1, -0.05) is 42.5 Å². The minimum atomic E-state index is -0.460. The zero-order valence-corrected chi connectivity index (χ0v) is 16.2. The molecule has 0 spiro atoms. The highest BCUT2D eigenvalue weighted by molar-refractivity contribution is 5.82. The van der Waals surface area contributed by atoms with E-state index in [4.69, 9.17) is 4.74 Å². The van der Waals surface area contributed by atoms with Crippen molar-refractivity contribution in [3.8, 4) is 0 Å². The summed E-state index contributed by atoms with van der Waals surface area (Å²) in [4.78, 5) is 28.6. The highest BCUT2D eigenvalue weighted by Crippen LogP contribution is 2.15. The van der Waals surface area contributed by atoms with Crippen LogP contribution in [0.1, 0.15) is 24.7 Å². The van der Waals surface area contributed by atoms with E-state index in [0.717, 1.165) is 29.7 Å². The predicted octanol–water partition coefficient (Wildman–Crippen LogP) is 3.03. The third-order valence-electron chi connectivity index (χ3n) is 4.61. The van der Waals surface area contributed by atoms with Crippen LogP contribution >= 0.6 is 0 Å². The fourth-order valence-corrected chi connectivity index (χ4v) is 3.13. The zero-order valence-electron chi connectivity index (χ0n) is 16.2. The molecule has 0 unspecified atom stereocenters. The smallest absolute Gasteiger partial charge is 0.326 e. The number of rotatable bonds is 8. The molecule has 1 atom stereocenters. The Bertz CT molecular complexity index is 950. The van der Waals surface area contributed by atoms with Crippen LogP contribution < -0.4 is 5.32 Å². The summed E-state index contributed by atoms with van der Waals surface area (Å²) in [5.41, 5.74) is 2.94. The SMILES string of the molecule is Cc1nc2ccccc2n1CC(=O)OCC(=O)N[C@H](C)CCc1ccccc1. The van der Waals surface area contributed by atoms with Crippen molar-refractivity contribution in [1.29, 1.82) is 0 Å². The van der Waals surface area contributed by atoms with E-state index < -0.39 is 5.97 Å². The van der Waals surface area contributed by atoms with E-state index in [1.54, 1.807) is 4.57 Å². The fraction of sp³-hybridized carbons (Fsp3) is 0.318. The van der Waals surface area contributed by atoms with E-state index >= 15 is 0 Å². The number of benzene rings is 2. The molecular weight excluding hydrogens is 354 g/mol. The highest BCUT2D eigenvalue weighted by atomic mass is 16.5. The van der Waals surface area contributed by atoms with Gasteiger partial charge in [-0.3, -0.25) is 9.59 Å². The maximum absolute atomic E-state index is 12.2. The molecular formula is C22H25N3O3. The van der Waals surface area contributed by atoms with Crippen LogP contribution in [0.3, 0.4) is 0 Å². The van der Waals surface area contributed by atoms with Gasteiger partial charge in [0.25, 0.3) is 5.91 Å². The molecule has 0 fully saturated rings. The predicted molar refractivity (Wildman–Crippen MR) is 108 cm³/mol. The van der Waals surface area contributed by atoms with E-state index in [0.29, 0.717) is 0 Å². The Morgan fingerprint density at radius 1 is 1.11 bits per heavy atom. The molecule has 1 heterocycles. The number of aryl methyl sites for hydroxylation is 2. The average molecular weight is 379 g/mol. The van der Waals surface area contributed by atoms with Crippen molar-refractivity contribution in [1.82, 2.24) is 14.9 Å². The third kappa shape index (κ3) is 5.19. The lowest BCUT2D eigenvalue weighted by Gasteiger charge is -2.14. The van der Waals surface area contributed by atoms with Crippen LogP contribution in [0, 0.1) is 6.92 Å². The Labute approximate surface area is 164 Å². The van der Waals surface area contributed by atoms with Crippen LogP contribution in [-0.2, 0) is 27.3 Å². The van der Waals surface area contributed by atoms with Gasteiger partial charge in [0.2, 0.25) is 0 Å². The molecule has 0 bridgehead atoms. The number of carbonyl (C=O) groups is 2. The summed E-state index contributed by atoms with van der Waals surface area (Å²) in [5, 5.41) is 2.87. The van der Waals surface area contributed by atoms with E-state index in [-0.39, 0.29) is 25.1 Å². The quantitative estimate of drug-likeness (QED) is 0.611. The largest absolute Gasteiger partial charge is 0.454 e. The zero-order chi connectivity index (χ0) is 19.9. The van der Waals surface area contributed by atoms with Gasteiger partial charge in [-0.15, -0.1) is 0 Å². The van der Waals surface area contributed by atoms with Crippen molar-refractivity contribution in [2.45, 2.75) is 39.3 Å². The van der Waals surface area contributed by atoms with Crippen molar-refractivity contribution in [3.05, 3.63) is 66.0 Å². The number of hydrogen-bond donors (Lipinski definition) is 1. The number of para-hydroxylation sites is 2. The van der Waals surface area contributed by atoms with Gasteiger partial charge >= 0.3 is 5.97 Å². The first-order valence-corrected chi connectivity index (χ1v) is 9.43. The molecule has 0 saturated carbocycles. The molecule has 146 valence electrons. The van der Waals surface area contributed by atoms with Gasteiger partial charge < -0.3 is 14.6 Å². The summed E-state index contributed by atoms with van der Waals surface area (Å²) in [6.07, 6.45) is 1.71. The van der Waals surface area contributed by atoms with Crippen LogP contribution in [0.15, 0.2) is 54.6 Å². The molecule has 1 amide bonds. The number of esters is 1. The van der Waals surface area contributed by atoms with Crippen molar-refractivity contribution in [3.63, 3.8) is 0 Å². The van der Waals surface area contributed by atoms with Crippen LogP contribution in [0.25, 0.3) is 11.0 Å². The summed E-state index contributed by atoms with van der Waals surface area (Å²) in [6.45, 7) is 3.54. The average Bonchev–Trinajstić information content (AvgIpc) is 3.01. The molecule has 1 N–H and O–H groups in total. The molecule has 3 aromatic rings. The molecule has 28 heavy (non-hydrogen) atoms. The van der Waals surface area contributed by atoms with Gasteiger partial charge in [0.1, 0.15) is 12.4 Å². The summed E-state index contributed by atoms with van der Waals surface area (Å²) in [6, 6.07) is 17.7. The topological polar surface area (TPSA) is 73.2 Å². The molecule has 0 saturated heterocycles. The Kier molecular flexibility index (Phi) is 6.42. The van der Waals surface area contributed by atoms with E-state index in [2.05, 4.69) is 22.4 Å². The lowest BCUT2D eigenvalue weighted by atomic mass is 10.1. The lowest BCUT2D eigenvalue weighted by Crippen LogP contribution is -2.36.